The van der Waals surface area contributed by atoms with Crippen LogP contribution in [-0.4, -0.2) is 9.97 Å². The molecule has 9 rings (SSSR count). The molecule has 0 atom stereocenters. The van der Waals surface area contributed by atoms with Crippen LogP contribution in [0.25, 0.3) is 31.6 Å². The van der Waals surface area contributed by atoms with Crippen molar-refractivity contribution >= 4 is 48.8 Å². The van der Waals surface area contributed by atoms with Gasteiger partial charge in [0.25, 0.3) is 0 Å². The normalized spacial score (nSPS) is 14.3. The molecule has 3 heterocycles. The summed E-state index contributed by atoms with van der Waals surface area (Å²) in [5.41, 5.74) is 12.1. The summed E-state index contributed by atoms with van der Waals surface area (Å²) in [6.45, 7) is 0. The molecule has 0 saturated heterocycles. The molecule has 1 aliphatic carbocycles. The molecule has 0 saturated carbocycles. The van der Waals surface area contributed by atoms with Crippen LogP contribution in [0.3, 0.4) is 0 Å². The van der Waals surface area contributed by atoms with E-state index in [1.165, 1.54) is 49.5 Å². The van der Waals surface area contributed by atoms with Gasteiger partial charge in [0.1, 0.15) is 10.3 Å². The van der Waals surface area contributed by atoms with Gasteiger partial charge in [-0.25, -0.2) is 4.98 Å². The van der Waals surface area contributed by atoms with Gasteiger partial charge >= 0.3 is 0 Å². The smallest absolute Gasteiger partial charge is 0.143 e. The Balaban J connectivity index is 1.38. The van der Waals surface area contributed by atoms with Crippen molar-refractivity contribution in [2.24, 2.45) is 0 Å². The number of para-hydroxylation sites is 2. The Kier molecular flexibility index (Phi) is 4.14. The highest BCUT2D eigenvalue weighted by atomic mass is 32.1. The first-order valence-electron chi connectivity index (χ1n) is 13.2. The molecule has 3 nitrogen and oxygen atoms in total. The minimum atomic E-state index is -0.383. The number of rotatable bonds is 1. The van der Waals surface area contributed by atoms with Gasteiger partial charge in [-0.15, -0.1) is 11.3 Å². The lowest BCUT2D eigenvalue weighted by atomic mass is 9.64. The van der Waals surface area contributed by atoms with Crippen LogP contribution in [0.1, 0.15) is 22.3 Å². The number of aromatic nitrogens is 2. The Morgan fingerprint density at radius 1 is 0.564 bits per heavy atom. The van der Waals surface area contributed by atoms with Crippen LogP contribution in [0.15, 0.2) is 128 Å². The summed E-state index contributed by atoms with van der Waals surface area (Å²) in [6, 6.07) is 42.5. The Labute approximate surface area is 229 Å². The molecule has 0 bridgehead atoms. The number of fused-ring (bicyclic) bond motifs is 12. The maximum absolute atomic E-state index is 4.61. The fourth-order valence-electron chi connectivity index (χ4n) is 6.96. The lowest BCUT2D eigenvalue weighted by molar-refractivity contribution is 0.753. The minimum absolute atomic E-state index is 0.383. The molecule has 5 aromatic carbocycles. The van der Waals surface area contributed by atoms with Crippen molar-refractivity contribution in [3.8, 4) is 11.1 Å². The fourth-order valence-corrected chi connectivity index (χ4v) is 7.99. The first kappa shape index (κ1) is 21.2. The molecular weight excluding hydrogens is 494 g/mol. The van der Waals surface area contributed by atoms with E-state index in [4.69, 9.17) is 0 Å². The summed E-state index contributed by atoms with van der Waals surface area (Å²) in [5, 5.41) is 1.15. The van der Waals surface area contributed by atoms with Crippen molar-refractivity contribution in [2.45, 2.75) is 5.41 Å². The van der Waals surface area contributed by atoms with Crippen LogP contribution in [0, 0.1) is 0 Å². The molecule has 2 aliphatic rings. The predicted molar refractivity (Wildman–Crippen MR) is 160 cm³/mol. The van der Waals surface area contributed by atoms with Gasteiger partial charge in [0, 0.05) is 28.2 Å². The van der Waals surface area contributed by atoms with E-state index in [-0.39, 0.29) is 5.41 Å². The summed E-state index contributed by atoms with van der Waals surface area (Å²) in [6.07, 6.45) is 3.54. The summed E-state index contributed by atoms with van der Waals surface area (Å²) in [7, 11) is 0. The summed E-state index contributed by atoms with van der Waals surface area (Å²) < 4.78 is 1.19. The second-order valence-electron chi connectivity index (χ2n) is 10.2. The first-order valence-corrected chi connectivity index (χ1v) is 14.0. The second-order valence-corrected chi connectivity index (χ2v) is 11.2. The number of anilines is 3. The van der Waals surface area contributed by atoms with Gasteiger partial charge in [-0.3, -0.25) is 4.98 Å². The van der Waals surface area contributed by atoms with E-state index in [9.17, 15) is 0 Å². The molecule has 0 radical (unpaired) electrons. The van der Waals surface area contributed by atoms with Crippen LogP contribution in [0.2, 0.25) is 0 Å². The van der Waals surface area contributed by atoms with E-state index in [0.29, 0.717) is 0 Å². The van der Waals surface area contributed by atoms with Gasteiger partial charge < -0.3 is 4.90 Å². The maximum atomic E-state index is 4.61. The number of hydrogen-bond acceptors (Lipinski definition) is 4. The fraction of sp³-hybridized carbons (Fsp3) is 0.0286. The van der Waals surface area contributed by atoms with Crippen molar-refractivity contribution < 1.29 is 0 Å². The lowest BCUT2D eigenvalue weighted by Gasteiger charge is -2.45. The molecule has 39 heavy (non-hydrogen) atoms. The molecule has 0 unspecified atom stereocenters. The zero-order valence-electron chi connectivity index (χ0n) is 20.9. The summed E-state index contributed by atoms with van der Waals surface area (Å²) >= 11 is 1.70. The lowest BCUT2D eigenvalue weighted by Crippen LogP contribution is -2.36. The topological polar surface area (TPSA) is 29.0 Å². The highest BCUT2D eigenvalue weighted by Crippen LogP contribution is 2.63. The van der Waals surface area contributed by atoms with Gasteiger partial charge in [-0.05, 0) is 63.7 Å². The Morgan fingerprint density at radius 3 is 1.79 bits per heavy atom. The van der Waals surface area contributed by atoms with Crippen LogP contribution in [-0.2, 0) is 5.41 Å². The molecule has 0 N–H and O–H groups in total. The number of nitrogens with zero attached hydrogens (tertiary/aromatic N) is 3. The molecule has 1 aliphatic heterocycles. The summed E-state index contributed by atoms with van der Waals surface area (Å²) in [4.78, 5) is 12.6. The van der Waals surface area contributed by atoms with Crippen LogP contribution >= 0.6 is 11.3 Å². The highest BCUT2D eigenvalue weighted by molar-refractivity contribution is 7.25. The van der Waals surface area contributed by atoms with E-state index in [1.807, 2.05) is 0 Å². The van der Waals surface area contributed by atoms with Gasteiger partial charge in [0.2, 0.25) is 0 Å². The first-order chi connectivity index (χ1) is 19.4. The largest absolute Gasteiger partial charge is 0.310 e. The van der Waals surface area contributed by atoms with Gasteiger partial charge in [0.05, 0.1) is 16.8 Å². The zero-order valence-corrected chi connectivity index (χ0v) is 21.7. The Bertz CT molecular complexity index is 2010. The SMILES string of the molecule is c1ccc2c(c1)-c1ccccc1C21c2ccccc2N(c2ccc3c(c2)sc2nccnc23)c2ccccc21. The van der Waals surface area contributed by atoms with Gasteiger partial charge in [-0.2, -0.15) is 0 Å². The molecule has 7 aromatic rings. The molecular formula is C35H21N3S. The average Bonchev–Trinajstić information content (AvgIpc) is 3.51. The van der Waals surface area contributed by atoms with E-state index in [2.05, 4.69) is 130 Å². The zero-order chi connectivity index (χ0) is 25.6. The average molecular weight is 516 g/mol. The quantitative estimate of drug-likeness (QED) is 0.218. The molecule has 0 fully saturated rings. The number of thiophene rings is 1. The van der Waals surface area contributed by atoms with E-state index < -0.39 is 0 Å². The van der Waals surface area contributed by atoms with Crippen LogP contribution in [0.5, 0.6) is 0 Å². The van der Waals surface area contributed by atoms with Gasteiger partial charge in [0.15, 0.2) is 0 Å². The van der Waals surface area contributed by atoms with Crippen molar-refractivity contribution in [1.82, 2.24) is 9.97 Å². The third kappa shape index (κ3) is 2.61. The van der Waals surface area contributed by atoms with Crippen LogP contribution in [0.4, 0.5) is 17.1 Å². The molecule has 0 amide bonds. The van der Waals surface area contributed by atoms with Gasteiger partial charge in [-0.1, -0.05) is 84.9 Å². The summed E-state index contributed by atoms with van der Waals surface area (Å²) in [5.74, 6) is 0. The standard InChI is InChI=1S/C35H21N3S/c1-3-11-26-23(9-1)24-10-2-4-12-27(24)35(26)28-13-5-7-15-30(28)38(31-16-8-6-14-29(31)35)22-17-18-25-32(21-22)39-34-33(25)36-19-20-37-34/h1-21H. The number of benzene rings is 5. The van der Waals surface area contributed by atoms with Crippen molar-refractivity contribution in [1.29, 1.82) is 0 Å². The third-order valence-corrected chi connectivity index (χ3v) is 9.45. The monoisotopic (exact) mass is 515 g/mol. The number of hydrogen-bond donors (Lipinski definition) is 0. The predicted octanol–water partition coefficient (Wildman–Crippen LogP) is 8.99. The Hall–Kier alpha value is -4.80. The Morgan fingerprint density at radius 2 is 1.13 bits per heavy atom. The van der Waals surface area contributed by atoms with E-state index in [1.54, 1.807) is 23.7 Å². The maximum Gasteiger partial charge on any atom is 0.143 e. The van der Waals surface area contributed by atoms with E-state index in [0.717, 1.165) is 21.4 Å². The highest BCUT2D eigenvalue weighted by Gasteiger charge is 2.51. The molecule has 4 heteroatoms. The second kappa shape index (κ2) is 7.62. The van der Waals surface area contributed by atoms with Crippen molar-refractivity contribution in [3.63, 3.8) is 0 Å². The molecule has 2 aromatic heterocycles. The van der Waals surface area contributed by atoms with Crippen LogP contribution < -0.4 is 4.90 Å². The molecule has 182 valence electrons. The minimum Gasteiger partial charge on any atom is -0.310 e. The molecule has 1 spiro atoms. The third-order valence-electron chi connectivity index (χ3n) is 8.40. The van der Waals surface area contributed by atoms with Crippen molar-refractivity contribution in [3.05, 3.63) is 150 Å². The van der Waals surface area contributed by atoms with E-state index >= 15 is 0 Å². The van der Waals surface area contributed by atoms with Crippen molar-refractivity contribution in [2.75, 3.05) is 4.90 Å².